The lowest BCUT2D eigenvalue weighted by atomic mass is 9.84. The average Bonchev–Trinajstić information content (AvgIpc) is 2.17. The fourth-order valence-electron chi connectivity index (χ4n) is 2.10. The molecule has 1 rings (SSSR count). The van der Waals surface area contributed by atoms with Crippen LogP contribution in [-0.2, 0) is 0 Å². The molecule has 1 nitrogen and oxygen atoms in total. The van der Waals surface area contributed by atoms with Crippen LogP contribution in [0.25, 0.3) is 0 Å². The Morgan fingerprint density at radius 2 is 1.93 bits per heavy atom. The molecule has 2 unspecified atom stereocenters. The minimum atomic E-state index is -4.08. The van der Waals surface area contributed by atoms with Crippen LogP contribution < -0.4 is 5.32 Å². The van der Waals surface area contributed by atoms with Gasteiger partial charge in [-0.05, 0) is 12.8 Å². The van der Waals surface area contributed by atoms with Gasteiger partial charge in [0.25, 0.3) is 0 Å². The lowest BCUT2D eigenvalue weighted by Gasteiger charge is -2.33. The van der Waals surface area contributed by atoms with Crippen LogP contribution in [0.3, 0.4) is 0 Å². The summed E-state index contributed by atoms with van der Waals surface area (Å²) in [4.78, 5) is 0. The molecule has 0 saturated heterocycles. The summed E-state index contributed by atoms with van der Waals surface area (Å²) in [5.41, 5.74) is 0. The number of hydrogen-bond acceptors (Lipinski definition) is 1. The van der Waals surface area contributed by atoms with Crippen LogP contribution in [0.15, 0.2) is 0 Å². The van der Waals surface area contributed by atoms with Gasteiger partial charge in [-0.2, -0.15) is 13.2 Å². The molecular formula is C11H16F3N. The fraction of sp³-hybridized carbons (Fsp3) is 0.818. The second kappa shape index (κ2) is 5.41. The Morgan fingerprint density at radius 3 is 2.53 bits per heavy atom. The molecular weight excluding hydrogens is 203 g/mol. The monoisotopic (exact) mass is 219 g/mol. The number of rotatable bonds is 3. The summed E-state index contributed by atoms with van der Waals surface area (Å²) in [6.45, 7) is 0.480. The highest BCUT2D eigenvalue weighted by Crippen LogP contribution is 2.37. The highest BCUT2D eigenvalue weighted by atomic mass is 19.4. The van der Waals surface area contributed by atoms with E-state index in [1.165, 1.54) is 0 Å². The summed E-state index contributed by atoms with van der Waals surface area (Å²) >= 11 is 0. The van der Waals surface area contributed by atoms with Gasteiger partial charge in [0, 0.05) is 19.0 Å². The minimum absolute atomic E-state index is 0.247. The SMILES string of the molecule is C#CCCNC1CCCCC1C(F)(F)F. The highest BCUT2D eigenvalue weighted by Gasteiger charge is 2.45. The normalized spacial score (nSPS) is 27.3. The maximum atomic E-state index is 12.6. The Balaban J connectivity index is 2.47. The zero-order valence-corrected chi connectivity index (χ0v) is 8.61. The first-order valence-electron chi connectivity index (χ1n) is 5.29. The molecule has 0 bridgehead atoms. The molecule has 1 fully saturated rings. The van der Waals surface area contributed by atoms with E-state index >= 15 is 0 Å². The summed E-state index contributed by atoms with van der Waals surface area (Å²) in [6.07, 6.45) is 3.87. The third-order valence-electron chi connectivity index (χ3n) is 2.86. The third-order valence-corrected chi connectivity index (χ3v) is 2.86. The van der Waals surface area contributed by atoms with Gasteiger partial charge in [0.05, 0.1) is 5.92 Å². The molecule has 1 saturated carbocycles. The van der Waals surface area contributed by atoms with E-state index in [4.69, 9.17) is 6.42 Å². The van der Waals surface area contributed by atoms with E-state index in [1.807, 2.05) is 0 Å². The molecule has 0 aromatic heterocycles. The molecule has 86 valence electrons. The number of nitrogens with one attached hydrogen (secondary N) is 1. The fourth-order valence-corrected chi connectivity index (χ4v) is 2.10. The molecule has 0 heterocycles. The van der Waals surface area contributed by atoms with Crippen LogP contribution in [0, 0.1) is 18.3 Å². The second-order valence-electron chi connectivity index (χ2n) is 3.95. The smallest absolute Gasteiger partial charge is 0.312 e. The molecule has 2 atom stereocenters. The van der Waals surface area contributed by atoms with E-state index in [0.717, 1.165) is 6.42 Å². The molecule has 0 radical (unpaired) electrons. The van der Waals surface area contributed by atoms with Crippen molar-refractivity contribution in [1.82, 2.24) is 5.32 Å². The topological polar surface area (TPSA) is 12.0 Å². The Bertz CT molecular complexity index is 229. The number of hydrogen-bond donors (Lipinski definition) is 1. The molecule has 0 spiro atoms. The van der Waals surface area contributed by atoms with Crippen LogP contribution in [0.5, 0.6) is 0 Å². The predicted molar refractivity (Wildman–Crippen MR) is 53.3 cm³/mol. The van der Waals surface area contributed by atoms with Crippen LogP contribution >= 0.6 is 0 Å². The highest BCUT2D eigenvalue weighted by molar-refractivity contribution is 4.88. The van der Waals surface area contributed by atoms with Gasteiger partial charge in [0.1, 0.15) is 0 Å². The van der Waals surface area contributed by atoms with Crippen molar-refractivity contribution in [2.45, 2.75) is 44.3 Å². The Kier molecular flexibility index (Phi) is 4.46. The Morgan fingerprint density at radius 1 is 1.27 bits per heavy atom. The van der Waals surface area contributed by atoms with Crippen molar-refractivity contribution in [1.29, 1.82) is 0 Å². The summed E-state index contributed by atoms with van der Waals surface area (Å²) in [5, 5.41) is 2.92. The number of alkyl halides is 3. The van der Waals surface area contributed by atoms with E-state index < -0.39 is 18.1 Å². The van der Waals surface area contributed by atoms with E-state index in [-0.39, 0.29) is 6.42 Å². The number of terminal acetylenes is 1. The molecule has 0 amide bonds. The maximum absolute atomic E-state index is 12.6. The van der Waals surface area contributed by atoms with Gasteiger partial charge in [0.2, 0.25) is 0 Å². The van der Waals surface area contributed by atoms with Gasteiger partial charge < -0.3 is 5.32 Å². The molecule has 0 aliphatic heterocycles. The third kappa shape index (κ3) is 3.75. The Hall–Kier alpha value is -0.690. The Labute approximate surface area is 88.4 Å². The van der Waals surface area contributed by atoms with Gasteiger partial charge in [-0.1, -0.05) is 12.8 Å². The van der Waals surface area contributed by atoms with E-state index in [0.29, 0.717) is 25.8 Å². The molecule has 1 aliphatic rings. The van der Waals surface area contributed by atoms with E-state index in [2.05, 4.69) is 11.2 Å². The van der Waals surface area contributed by atoms with Crippen molar-refractivity contribution < 1.29 is 13.2 Å². The average molecular weight is 219 g/mol. The van der Waals surface area contributed by atoms with Gasteiger partial charge >= 0.3 is 6.18 Å². The molecule has 1 aliphatic carbocycles. The van der Waals surface area contributed by atoms with Crippen molar-refractivity contribution in [3.05, 3.63) is 0 Å². The largest absolute Gasteiger partial charge is 0.393 e. The van der Waals surface area contributed by atoms with Crippen molar-refractivity contribution in [2.75, 3.05) is 6.54 Å². The zero-order chi connectivity index (χ0) is 11.3. The summed E-state index contributed by atoms with van der Waals surface area (Å²) < 4.78 is 37.9. The minimum Gasteiger partial charge on any atom is -0.312 e. The summed E-state index contributed by atoms with van der Waals surface area (Å²) in [7, 11) is 0. The second-order valence-corrected chi connectivity index (χ2v) is 3.95. The first-order chi connectivity index (χ1) is 7.05. The molecule has 1 N–H and O–H groups in total. The van der Waals surface area contributed by atoms with Crippen molar-refractivity contribution in [3.8, 4) is 12.3 Å². The predicted octanol–water partition coefficient (Wildman–Crippen LogP) is 2.72. The van der Waals surface area contributed by atoms with Crippen molar-refractivity contribution >= 4 is 0 Å². The van der Waals surface area contributed by atoms with Crippen LogP contribution in [0.1, 0.15) is 32.1 Å². The van der Waals surface area contributed by atoms with Gasteiger partial charge in [-0.25, -0.2) is 0 Å². The van der Waals surface area contributed by atoms with E-state index in [9.17, 15) is 13.2 Å². The van der Waals surface area contributed by atoms with Crippen LogP contribution in [0.2, 0.25) is 0 Å². The van der Waals surface area contributed by atoms with Gasteiger partial charge in [0.15, 0.2) is 0 Å². The lowest BCUT2D eigenvalue weighted by molar-refractivity contribution is -0.188. The standard InChI is InChI=1S/C11H16F3N/c1-2-3-8-15-10-7-5-4-6-9(10)11(12,13)14/h1,9-10,15H,3-8H2. The van der Waals surface area contributed by atoms with Crippen molar-refractivity contribution in [2.24, 2.45) is 5.92 Å². The number of halogens is 3. The molecule has 0 aromatic rings. The molecule has 4 heteroatoms. The van der Waals surface area contributed by atoms with Crippen LogP contribution in [-0.4, -0.2) is 18.8 Å². The van der Waals surface area contributed by atoms with Crippen molar-refractivity contribution in [3.63, 3.8) is 0 Å². The molecule has 0 aromatic carbocycles. The first-order valence-corrected chi connectivity index (χ1v) is 5.29. The maximum Gasteiger partial charge on any atom is 0.393 e. The first kappa shape index (κ1) is 12.4. The van der Waals surface area contributed by atoms with Gasteiger partial charge in [-0.15, -0.1) is 12.3 Å². The summed E-state index contributed by atoms with van der Waals surface area (Å²) in [6, 6.07) is -0.438. The quantitative estimate of drug-likeness (QED) is 0.568. The van der Waals surface area contributed by atoms with E-state index in [1.54, 1.807) is 0 Å². The molecule has 15 heavy (non-hydrogen) atoms. The van der Waals surface area contributed by atoms with Crippen LogP contribution in [0.4, 0.5) is 13.2 Å². The lowest BCUT2D eigenvalue weighted by Crippen LogP contribution is -2.45. The van der Waals surface area contributed by atoms with Gasteiger partial charge in [-0.3, -0.25) is 0 Å². The zero-order valence-electron chi connectivity index (χ0n) is 8.61. The summed E-state index contributed by atoms with van der Waals surface area (Å²) in [5.74, 6) is 1.23.